The fourth-order valence-corrected chi connectivity index (χ4v) is 2.43. The van der Waals surface area contributed by atoms with Gasteiger partial charge in [0.05, 0.1) is 0 Å². The first-order valence-electron chi connectivity index (χ1n) is 7.97. The van der Waals surface area contributed by atoms with E-state index in [0.29, 0.717) is 0 Å². The molecule has 2 unspecified atom stereocenters. The third kappa shape index (κ3) is 9.68. The van der Waals surface area contributed by atoms with Crippen LogP contribution < -0.4 is 0 Å². The van der Waals surface area contributed by atoms with E-state index in [2.05, 4.69) is 41.5 Å². The first-order chi connectivity index (χ1) is 7.97. The van der Waals surface area contributed by atoms with Crippen LogP contribution in [0.1, 0.15) is 86.5 Å². The zero-order chi connectivity index (χ0) is 13.3. The number of rotatable bonds is 10. The molecule has 0 aliphatic carbocycles. The quantitative estimate of drug-likeness (QED) is 0.420. The van der Waals surface area contributed by atoms with Crippen molar-refractivity contribution in [1.29, 1.82) is 0 Å². The second-order valence-electron chi connectivity index (χ2n) is 6.75. The molecule has 0 aliphatic rings. The van der Waals surface area contributed by atoms with Crippen molar-refractivity contribution in [2.75, 3.05) is 0 Å². The number of hydrogen-bond acceptors (Lipinski definition) is 0. The Balaban J connectivity index is 3.60. The van der Waals surface area contributed by atoms with E-state index in [1.165, 1.54) is 44.9 Å². The minimum absolute atomic E-state index is 0.857. The molecule has 0 saturated heterocycles. The maximum atomic E-state index is 2.41. The minimum atomic E-state index is 0.857. The second kappa shape index (κ2) is 9.97. The van der Waals surface area contributed by atoms with E-state index < -0.39 is 0 Å². The Bertz CT molecular complexity index is 157. The smallest absolute Gasteiger partial charge is 0.0417 e. The first kappa shape index (κ1) is 17.0. The molecule has 0 nitrogen and oxygen atoms in total. The molecule has 0 heteroatoms. The molecular weight excluding hydrogens is 204 g/mol. The van der Waals surface area contributed by atoms with Crippen LogP contribution in [0.4, 0.5) is 0 Å². The number of hydrogen-bond donors (Lipinski definition) is 0. The van der Waals surface area contributed by atoms with Gasteiger partial charge in [0.2, 0.25) is 0 Å². The molecule has 0 saturated carbocycles. The van der Waals surface area contributed by atoms with Crippen molar-refractivity contribution in [3.63, 3.8) is 0 Å². The van der Waals surface area contributed by atoms with E-state index in [4.69, 9.17) is 0 Å². The summed E-state index contributed by atoms with van der Waals surface area (Å²) in [5.41, 5.74) is 0. The second-order valence-corrected chi connectivity index (χ2v) is 6.75. The van der Waals surface area contributed by atoms with Gasteiger partial charge in [-0.1, -0.05) is 86.5 Å². The summed E-state index contributed by atoms with van der Waals surface area (Å²) in [4.78, 5) is 0. The predicted octanol–water partition coefficient (Wildman–Crippen LogP) is 6.30. The fourth-order valence-electron chi connectivity index (χ4n) is 2.43. The highest BCUT2D eigenvalue weighted by Crippen LogP contribution is 2.24. The van der Waals surface area contributed by atoms with Crippen molar-refractivity contribution >= 4 is 0 Å². The van der Waals surface area contributed by atoms with E-state index in [-0.39, 0.29) is 0 Å². The van der Waals surface area contributed by atoms with Gasteiger partial charge in [0.25, 0.3) is 0 Å². The molecule has 0 aliphatic heterocycles. The van der Waals surface area contributed by atoms with Gasteiger partial charge in [-0.3, -0.25) is 0 Å². The normalized spacial score (nSPS) is 15.5. The maximum absolute atomic E-state index is 2.41. The Morgan fingerprint density at radius 3 is 1.65 bits per heavy atom. The van der Waals surface area contributed by atoms with Crippen LogP contribution in [-0.4, -0.2) is 0 Å². The Morgan fingerprint density at radius 2 is 1.24 bits per heavy atom. The van der Waals surface area contributed by atoms with E-state index in [0.717, 1.165) is 23.7 Å². The average Bonchev–Trinajstić information content (AvgIpc) is 2.26. The van der Waals surface area contributed by atoms with Crippen LogP contribution in [-0.2, 0) is 0 Å². The summed E-state index contributed by atoms with van der Waals surface area (Å²) in [6.45, 7) is 14.2. The third-order valence-electron chi connectivity index (χ3n) is 4.38. The molecular formula is C17H36. The van der Waals surface area contributed by atoms with Crippen molar-refractivity contribution < 1.29 is 0 Å². The Labute approximate surface area is 111 Å². The van der Waals surface area contributed by atoms with E-state index in [1.807, 2.05) is 0 Å². The summed E-state index contributed by atoms with van der Waals surface area (Å²) < 4.78 is 0. The van der Waals surface area contributed by atoms with Crippen LogP contribution in [0.25, 0.3) is 0 Å². The van der Waals surface area contributed by atoms with E-state index in [1.54, 1.807) is 0 Å². The zero-order valence-electron chi connectivity index (χ0n) is 13.3. The van der Waals surface area contributed by atoms with Crippen LogP contribution in [0.5, 0.6) is 0 Å². The summed E-state index contributed by atoms with van der Waals surface area (Å²) >= 11 is 0. The van der Waals surface area contributed by atoms with Crippen molar-refractivity contribution in [1.82, 2.24) is 0 Å². The molecule has 0 fully saturated rings. The molecule has 0 spiro atoms. The van der Waals surface area contributed by atoms with Crippen molar-refractivity contribution in [2.24, 2.45) is 23.7 Å². The summed E-state index contributed by atoms with van der Waals surface area (Å²) in [6, 6.07) is 0. The van der Waals surface area contributed by atoms with E-state index in [9.17, 15) is 0 Å². The predicted molar refractivity (Wildman–Crippen MR) is 80.3 cm³/mol. The lowest BCUT2D eigenvalue weighted by atomic mass is 9.87. The molecule has 0 bridgehead atoms. The summed E-state index contributed by atoms with van der Waals surface area (Å²) in [5, 5.41) is 0. The van der Waals surface area contributed by atoms with Crippen molar-refractivity contribution in [2.45, 2.75) is 86.5 Å². The molecule has 104 valence electrons. The molecule has 0 aromatic rings. The molecule has 0 N–H and O–H groups in total. The van der Waals surface area contributed by atoms with Gasteiger partial charge < -0.3 is 0 Å². The van der Waals surface area contributed by atoms with Crippen LogP contribution in [0.3, 0.4) is 0 Å². The Hall–Kier alpha value is 0. The molecule has 17 heavy (non-hydrogen) atoms. The van der Waals surface area contributed by atoms with Gasteiger partial charge in [-0.05, 0) is 23.7 Å². The monoisotopic (exact) mass is 240 g/mol. The lowest BCUT2D eigenvalue weighted by Gasteiger charge is -2.18. The maximum Gasteiger partial charge on any atom is -0.0417 e. The molecule has 0 aromatic carbocycles. The van der Waals surface area contributed by atoms with Crippen molar-refractivity contribution in [3.8, 4) is 0 Å². The largest absolute Gasteiger partial charge is 0.0651 e. The average molecular weight is 240 g/mol. The molecule has 0 radical (unpaired) electrons. The van der Waals surface area contributed by atoms with Gasteiger partial charge >= 0.3 is 0 Å². The zero-order valence-corrected chi connectivity index (χ0v) is 13.3. The SMILES string of the molecule is CCC(CCCC(C)C)CCCC(C)C(C)C. The third-order valence-corrected chi connectivity index (χ3v) is 4.38. The standard InChI is InChI=1S/C17H36/c1-7-17(12-8-10-14(2)3)13-9-11-16(6)15(4)5/h14-17H,7-13H2,1-6H3. The van der Waals surface area contributed by atoms with Gasteiger partial charge in [0.15, 0.2) is 0 Å². The van der Waals surface area contributed by atoms with Crippen molar-refractivity contribution in [3.05, 3.63) is 0 Å². The van der Waals surface area contributed by atoms with Crippen LogP contribution in [0.15, 0.2) is 0 Å². The molecule has 0 rings (SSSR count). The van der Waals surface area contributed by atoms with Gasteiger partial charge in [-0.2, -0.15) is 0 Å². The van der Waals surface area contributed by atoms with Gasteiger partial charge in [0.1, 0.15) is 0 Å². The highest BCUT2D eigenvalue weighted by atomic mass is 14.2. The van der Waals surface area contributed by atoms with Crippen LogP contribution >= 0.6 is 0 Å². The topological polar surface area (TPSA) is 0 Å². The van der Waals surface area contributed by atoms with Crippen LogP contribution in [0.2, 0.25) is 0 Å². The van der Waals surface area contributed by atoms with Gasteiger partial charge in [-0.15, -0.1) is 0 Å². The lowest BCUT2D eigenvalue weighted by Crippen LogP contribution is -2.06. The Morgan fingerprint density at radius 1 is 0.706 bits per heavy atom. The molecule has 0 amide bonds. The van der Waals surface area contributed by atoms with Crippen LogP contribution in [0, 0.1) is 23.7 Å². The summed E-state index contributed by atoms with van der Waals surface area (Å²) in [6.07, 6.45) is 10.0. The minimum Gasteiger partial charge on any atom is -0.0651 e. The molecule has 0 aromatic heterocycles. The highest BCUT2D eigenvalue weighted by Gasteiger charge is 2.10. The Kier molecular flexibility index (Phi) is 9.97. The lowest BCUT2D eigenvalue weighted by molar-refractivity contribution is 0.337. The fraction of sp³-hybridized carbons (Fsp3) is 1.00. The molecule has 0 heterocycles. The first-order valence-corrected chi connectivity index (χ1v) is 7.97. The van der Waals surface area contributed by atoms with Gasteiger partial charge in [-0.25, -0.2) is 0 Å². The van der Waals surface area contributed by atoms with Gasteiger partial charge in [0, 0.05) is 0 Å². The highest BCUT2D eigenvalue weighted by molar-refractivity contribution is 4.62. The summed E-state index contributed by atoms with van der Waals surface area (Å²) in [5.74, 6) is 3.64. The summed E-state index contributed by atoms with van der Waals surface area (Å²) in [7, 11) is 0. The molecule has 2 atom stereocenters. The van der Waals surface area contributed by atoms with E-state index >= 15 is 0 Å².